The molecule has 0 radical (unpaired) electrons. The third-order valence-corrected chi connectivity index (χ3v) is 4.51. The number of aliphatic hydroxyl groups excluding tert-OH is 2. The minimum absolute atomic E-state index is 0.224. The Balaban J connectivity index is 1.83. The second-order valence-corrected chi connectivity index (χ2v) is 6.89. The highest BCUT2D eigenvalue weighted by Gasteiger charge is 2.13. The van der Waals surface area contributed by atoms with Gasteiger partial charge in [0.1, 0.15) is 5.76 Å². The second kappa shape index (κ2) is 11.3. The van der Waals surface area contributed by atoms with Gasteiger partial charge in [-0.2, -0.15) is 0 Å². The van der Waals surface area contributed by atoms with E-state index in [9.17, 15) is 15.0 Å². The highest BCUT2D eigenvalue weighted by molar-refractivity contribution is 5.94. The number of nitrogens with one attached hydrogen (secondary N) is 2. The van der Waals surface area contributed by atoms with E-state index in [0.29, 0.717) is 17.9 Å². The number of hydrogen-bond acceptors (Lipinski definition) is 5. The molecule has 2 rings (SSSR count). The fourth-order valence-corrected chi connectivity index (χ4v) is 2.60. The van der Waals surface area contributed by atoms with Crippen LogP contribution in [0.15, 0.2) is 48.3 Å². The number of piperazine rings is 1. The molecular formula is C22H29N3O3. The zero-order chi connectivity index (χ0) is 20.4. The van der Waals surface area contributed by atoms with Crippen molar-refractivity contribution in [3.63, 3.8) is 0 Å². The summed E-state index contributed by atoms with van der Waals surface area (Å²) in [5.74, 6) is 6.00. The zero-order valence-corrected chi connectivity index (χ0v) is 16.5. The Morgan fingerprint density at radius 2 is 1.96 bits per heavy atom. The van der Waals surface area contributed by atoms with E-state index in [1.165, 1.54) is 0 Å². The number of hydrogen-bond donors (Lipinski definition) is 4. The van der Waals surface area contributed by atoms with Crippen molar-refractivity contribution in [2.24, 2.45) is 0 Å². The van der Waals surface area contributed by atoms with Gasteiger partial charge in [0.15, 0.2) is 0 Å². The molecule has 1 saturated heterocycles. The van der Waals surface area contributed by atoms with Gasteiger partial charge in [0.2, 0.25) is 0 Å². The van der Waals surface area contributed by atoms with E-state index in [4.69, 9.17) is 0 Å². The van der Waals surface area contributed by atoms with E-state index >= 15 is 0 Å². The number of carbonyl (C=O) groups excluding carboxylic acids is 1. The normalized spacial score (nSPS) is 17.6. The predicted octanol–water partition coefficient (Wildman–Crippen LogP) is 1.44. The third kappa shape index (κ3) is 7.57. The van der Waals surface area contributed by atoms with Crippen LogP contribution >= 0.6 is 0 Å². The van der Waals surface area contributed by atoms with Crippen LogP contribution in [0.25, 0.3) is 0 Å². The molecule has 0 aromatic heterocycles. The number of benzene rings is 1. The minimum atomic E-state index is -0.605. The van der Waals surface area contributed by atoms with Gasteiger partial charge in [-0.05, 0) is 50.3 Å². The SMILES string of the molecule is CC(O)C(C)NC(=O)c1ccc(C#C/C=C/C=C(\O)CN2CCNCC2)cc1. The molecule has 0 saturated carbocycles. The topological polar surface area (TPSA) is 84.8 Å². The van der Waals surface area contributed by atoms with Gasteiger partial charge < -0.3 is 20.8 Å². The van der Waals surface area contributed by atoms with Crippen molar-refractivity contribution in [2.45, 2.75) is 26.0 Å². The van der Waals surface area contributed by atoms with E-state index in [0.717, 1.165) is 31.7 Å². The number of rotatable bonds is 6. The van der Waals surface area contributed by atoms with Gasteiger partial charge in [0, 0.05) is 37.3 Å². The molecule has 1 aliphatic heterocycles. The van der Waals surface area contributed by atoms with Gasteiger partial charge in [-0.15, -0.1) is 0 Å². The Morgan fingerprint density at radius 1 is 1.29 bits per heavy atom. The number of aliphatic hydroxyl groups is 2. The first-order valence-electron chi connectivity index (χ1n) is 9.54. The van der Waals surface area contributed by atoms with E-state index in [1.54, 1.807) is 56.3 Å². The lowest BCUT2D eigenvalue weighted by Crippen LogP contribution is -2.44. The lowest BCUT2D eigenvalue weighted by Gasteiger charge is -2.26. The molecule has 0 spiro atoms. The van der Waals surface area contributed by atoms with Crippen molar-refractivity contribution in [3.8, 4) is 11.8 Å². The standard InChI is InChI=1S/C22H29N3O3/c1-17(18(2)26)24-22(28)20-10-8-19(9-11-20)6-4-3-5-7-21(27)16-25-14-12-23-13-15-25/h3,5,7-11,17-18,23,26-27H,12-16H2,1-2H3,(H,24,28)/b5-3+,21-7-. The molecule has 0 aliphatic carbocycles. The summed E-state index contributed by atoms with van der Waals surface area (Å²) in [5, 5.41) is 25.4. The Hall–Kier alpha value is -2.59. The molecular weight excluding hydrogens is 354 g/mol. The zero-order valence-electron chi connectivity index (χ0n) is 16.5. The van der Waals surface area contributed by atoms with Crippen LogP contribution in [0.1, 0.15) is 29.8 Å². The number of allylic oxidation sites excluding steroid dienone is 3. The molecule has 0 bridgehead atoms. The Morgan fingerprint density at radius 3 is 2.61 bits per heavy atom. The first-order chi connectivity index (χ1) is 13.5. The molecule has 1 aliphatic rings. The maximum Gasteiger partial charge on any atom is 0.251 e. The van der Waals surface area contributed by atoms with Crippen molar-refractivity contribution < 1.29 is 15.0 Å². The molecule has 28 heavy (non-hydrogen) atoms. The maximum absolute atomic E-state index is 12.1. The van der Waals surface area contributed by atoms with E-state index in [2.05, 4.69) is 27.4 Å². The summed E-state index contributed by atoms with van der Waals surface area (Å²) >= 11 is 0. The lowest BCUT2D eigenvalue weighted by molar-refractivity contribution is 0.0874. The summed E-state index contributed by atoms with van der Waals surface area (Å²) in [7, 11) is 0. The summed E-state index contributed by atoms with van der Waals surface area (Å²) in [6.07, 6.45) is 4.46. The van der Waals surface area contributed by atoms with Crippen LogP contribution < -0.4 is 10.6 Å². The van der Waals surface area contributed by atoms with Gasteiger partial charge in [-0.3, -0.25) is 9.69 Å². The molecule has 4 N–H and O–H groups in total. The summed E-state index contributed by atoms with van der Waals surface area (Å²) in [5.41, 5.74) is 1.31. The maximum atomic E-state index is 12.1. The highest BCUT2D eigenvalue weighted by Crippen LogP contribution is 2.05. The lowest BCUT2D eigenvalue weighted by atomic mass is 10.1. The Bertz CT molecular complexity index is 751. The van der Waals surface area contributed by atoms with E-state index in [-0.39, 0.29) is 11.9 Å². The summed E-state index contributed by atoms with van der Waals surface area (Å²) in [6, 6.07) is 6.66. The Kier molecular flexibility index (Phi) is 8.76. The van der Waals surface area contributed by atoms with Crippen LogP contribution in [0, 0.1) is 11.8 Å². The first-order valence-corrected chi connectivity index (χ1v) is 9.54. The molecule has 2 unspecified atom stereocenters. The molecule has 1 aromatic carbocycles. The Labute approximate surface area is 166 Å². The van der Waals surface area contributed by atoms with Gasteiger partial charge in [-0.25, -0.2) is 0 Å². The molecule has 150 valence electrons. The van der Waals surface area contributed by atoms with Gasteiger partial charge in [0.25, 0.3) is 5.91 Å². The highest BCUT2D eigenvalue weighted by atomic mass is 16.3. The molecule has 6 heteroatoms. The molecule has 1 fully saturated rings. The van der Waals surface area contributed by atoms with E-state index < -0.39 is 6.10 Å². The van der Waals surface area contributed by atoms with Crippen LogP contribution in [-0.2, 0) is 0 Å². The van der Waals surface area contributed by atoms with Crippen LogP contribution in [0.3, 0.4) is 0 Å². The quantitative estimate of drug-likeness (QED) is 0.339. The minimum Gasteiger partial charge on any atom is -0.511 e. The molecule has 6 nitrogen and oxygen atoms in total. The largest absolute Gasteiger partial charge is 0.511 e. The number of carbonyl (C=O) groups is 1. The molecule has 2 atom stereocenters. The van der Waals surface area contributed by atoms with E-state index in [1.807, 2.05) is 0 Å². The molecule has 1 heterocycles. The molecule has 1 aromatic rings. The van der Waals surface area contributed by atoms with Gasteiger partial charge in [-0.1, -0.05) is 17.9 Å². The molecule has 1 amide bonds. The average molecular weight is 383 g/mol. The monoisotopic (exact) mass is 383 g/mol. The van der Waals surface area contributed by atoms with Crippen molar-refractivity contribution in [1.29, 1.82) is 0 Å². The predicted molar refractivity (Wildman–Crippen MR) is 111 cm³/mol. The second-order valence-electron chi connectivity index (χ2n) is 6.89. The van der Waals surface area contributed by atoms with Gasteiger partial charge in [0.05, 0.1) is 18.7 Å². The van der Waals surface area contributed by atoms with Crippen LogP contribution in [-0.4, -0.2) is 65.9 Å². The third-order valence-electron chi connectivity index (χ3n) is 4.51. The number of amides is 1. The smallest absolute Gasteiger partial charge is 0.251 e. The summed E-state index contributed by atoms with van der Waals surface area (Å²) in [6.45, 7) is 7.72. The average Bonchev–Trinajstić information content (AvgIpc) is 2.68. The summed E-state index contributed by atoms with van der Waals surface area (Å²) < 4.78 is 0. The van der Waals surface area contributed by atoms with Crippen LogP contribution in [0.4, 0.5) is 0 Å². The van der Waals surface area contributed by atoms with Crippen molar-refractivity contribution >= 4 is 5.91 Å². The summed E-state index contributed by atoms with van der Waals surface area (Å²) in [4.78, 5) is 14.3. The van der Waals surface area contributed by atoms with Gasteiger partial charge >= 0.3 is 0 Å². The number of nitrogens with zero attached hydrogens (tertiary/aromatic N) is 1. The fourth-order valence-electron chi connectivity index (χ4n) is 2.60. The first kappa shape index (κ1) is 21.7. The van der Waals surface area contributed by atoms with Crippen molar-refractivity contribution in [3.05, 3.63) is 59.4 Å². The fraction of sp³-hybridized carbons (Fsp3) is 0.409. The van der Waals surface area contributed by atoms with Crippen molar-refractivity contribution in [1.82, 2.24) is 15.5 Å². The van der Waals surface area contributed by atoms with Crippen LogP contribution in [0.5, 0.6) is 0 Å². The van der Waals surface area contributed by atoms with Crippen LogP contribution in [0.2, 0.25) is 0 Å². The van der Waals surface area contributed by atoms with Crippen molar-refractivity contribution in [2.75, 3.05) is 32.7 Å².